The fourth-order valence-corrected chi connectivity index (χ4v) is 2.04. The van der Waals surface area contributed by atoms with Crippen LogP contribution in [0.1, 0.15) is 12.0 Å². The standard InChI is InChI=1S/C12H16N2O5/c1-7-2-3-8(14(17)18)4-9(7)13-12-5-10(16)11(6-15)19-12/h2-4,10-13,15-16H,5-6H2,1H3/t10-,11+,12+/m1/s1. The van der Waals surface area contributed by atoms with Crippen molar-refractivity contribution < 1.29 is 19.9 Å². The first-order valence-corrected chi connectivity index (χ1v) is 5.97. The Hall–Kier alpha value is -1.70. The summed E-state index contributed by atoms with van der Waals surface area (Å²) in [5.41, 5.74) is 1.42. The maximum Gasteiger partial charge on any atom is 0.271 e. The Morgan fingerprint density at radius 2 is 2.32 bits per heavy atom. The number of aliphatic hydroxyl groups excluding tert-OH is 2. The molecular formula is C12H16N2O5. The Kier molecular flexibility index (Phi) is 3.98. The van der Waals surface area contributed by atoms with E-state index in [0.29, 0.717) is 12.1 Å². The van der Waals surface area contributed by atoms with E-state index in [-0.39, 0.29) is 12.3 Å². The molecule has 1 saturated heterocycles. The first kappa shape index (κ1) is 13.7. The molecule has 1 aliphatic heterocycles. The molecular weight excluding hydrogens is 252 g/mol. The minimum atomic E-state index is -0.735. The van der Waals surface area contributed by atoms with Crippen LogP contribution in [-0.2, 0) is 4.74 Å². The van der Waals surface area contributed by atoms with Crippen LogP contribution in [-0.4, -0.2) is 40.2 Å². The number of aryl methyl sites for hydroxylation is 1. The van der Waals surface area contributed by atoms with Gasteiger partial charge in [-0.15, -0.1) is 0 Å². The zero-order valence-corrected chi connectivity index (χ0v) is 10.4. The lowest BCUT2D eigenvalue weighted by Crippen LogP contribution is -2.25. The van der Waals surface area contributed by atoms with Crippen molar-refractivity contribution in [2.24, 2.45) is 0 Å². The largest absolute Gasteiger partial charge is 0.394 e. The molecule has 1 fully saturated rings. The normalized spacial score (nSPS) is 26.4. The molecule has 0 bridgehead atoms. The van der Waals surface area contributed by atoms with Gasteiger partial charge >= 0.3 is 0 Å². The third kappa shape index (κ3) is 3.01. The van der Waals surface area contributed by atoms with Crippen molar-refractivity contribution in [1.29, 1.82) is 0 Å². The van der Waals surface area contributed by atoms with Crippen LogP contribution in [0.5, 0.6) is 0 Å². The number of nitro groups is 1. The van der Waals surface area contributed by atoms with Crippen molar-refractivity contribution in [3.8, 4) is 0 Å². The predicted molar refractivity (Wildman–Crippen MR) is 67.8 cm³/mol. The molecule has 0 radical (unpaired) electrons. The molecule has 1 aliphatic rings. The molecule has 0 unspecified atom stereocenters. The topological polar surface area (TPSA) is 105 Å². The van der Waals surface area contributed by atoms with E-state index < -0.39 is 23.4 Å². The van der Waals surface area contributed by atoms with Crippen molar-refractivity contribution >= 4 is 11.4 Å². The van der Waals surface area contributed by atoms with Gasteiger partial charge in [-0.05, 0) is 12.5 Å². The minimum absolute atomic E-state index is 0.00893. The zero-order valence-electron chi connectivity index (χ0n) is 10.4. The van der Waals surface area contributed by atoms with Crippen LogP contribution in [0, 0.1) is 17.0 Å². The zero-order chi connectivity index (χ0) is 14.0. The number of rotatable bonds is 4. The van der Waals surface area contributed by atoms with Gasteiger partial charge in [0, 0.05) is 24.2 Å². The number of anilines is 1. The molecule has 0 saturated carbocycles. The van der Waals surface area contributed by atoms with Gasteiger partial charge in [0.1, 0.15) is 12.3 Å². The quantitative estimate of drug-likeness (QED) is 0.550. The Labute approximate surface area is 110 Å². The van der Waals surface area contributed by atoms with Crippen LogP contribution in [0.25, 0.3) is 0 Å². The number of benzene rings is 1. The van der Waals surface area contributed by atoms with Crippen molar-refractivity contribution in [3.05, 3.63) is 33.9 Å². The molecule has 19 heavy (non-hydrogen) atoms. The Balaban J connectivity index is 2.11. The smallest absolute Gasteiger partial charge is 0.271 e. The number of hydrogen-bond acceptors (Lipinski definition) is 6. The van der Waals surface area contributed by atoms with E-state index in [2.05, 4.69) is 5.32 Å². The molecule has 0 aliphatic carbocycles. The number of non-ortho nitro benzene ring substituents is 1. The maximum absolute atomic E-state index is 10.7. The first-order valence-electron chi connectivity index (χ1n) is 5.97. The van der Waals surface area contributed by atoms with Crippen LogP contribution in [0.4, 0.5) is 11.4 Å². The Morgan fingerprint density at radius 3 is 2.89 bits per heavy atom. The molecule has 2 rings (SSSR count). The third-order valence-electron chi connectivity index (χ3n) is 3.15. The molecule has 7 heteroatoms. The molecule has 0 aromatic heterocycles. The number of ether oxygens (including phenoxy) is 1. The van der Waals surface area contributed by atoms with E-state index in [1.54, 1.807) is 6.07 Å². The molecule has 0 spiro atoms. The number of hydrogen-bond donors (Lipinski definition) is 3. The summed E-state index contributed by atoms with van der Waals surface area (Å²) in [5.74, 6) is 0. The van der Waals surface area contributed by atoms with Gasteiger partial charge < -0.3 is 20.3 Å². The third-order valence-corrected chi connectivity index (χ3v) is 3.15. The van der Waals surface area contributed by atoms with Crippen molar-refractivity contribution in [2.75, 3.05) is 11.9 Å². The summed E-state index contributed by atoms with van der Waals surface area (Å²) >= 11 is 0. The van der Waals surface area contributed by atoms with Crippen LogP contribution < -0.4 is 5.32 Å². The van der Waals surface area contributed by atoms with Gasteiger partial charge in [0.05, 0.1) is 17.6 Å². The van der Waals surface area contributed by atoms with Crippen LogP contribution >= 0.6 is 0 Å². The molecule has 7 nitrogen and oxygen atoms in total. The average molecular weight is 268 g/mol. The van der Waals surface area contributed by atoms with Gasteiger partial charge in [-0.2, -0.15) is 0 Å². The fourth-order valence-electron chi connectivity index (χ4n) is 2.04. The van der Waals surface area contributed by atoms with Crippen molar-refractivity contribution in [3.63, 3.8) is 0 Å². The molecule has 104 valence electrons. The van der Waals surface area contributed by atoms with Gasteiger partial charge in [-0.25, -0.2) is 0 Å². The number of aliphatic hydroxyl groups is 2. The van der Waals surface area contributed by atoms with E-state index in [1.165, 1.54) is 12.1 Å². The summed E-state index contributed by atoms with van der Waals surface area (Å²) in [6.45, 7) is 1.56. The second-order valence-corrected chi connectivity index (χ2v) is 4.55. The highest BCUT2D eigenvalue weighted by Gasteiger charge is 2.33. The summed E-state index contributed by atoms with van der Waals surface area (Å²) in [6, 6.07) is 4.51. The molecule has 1 aromatic carbocycles. The second-order valence-electron chi connectivity index (χ2n) is 4.55. The Bertz CT molecular complexity index is 479. The van der Waals surface area contributed by atoms with E-state index >= 15 is 0 Å². The second kappa shape index (κ2) is 5.52. The van der Waals surface area contributed by atoms with E-state index in [9.17, 15) is 15.2 Å². The van der Waals surface area contributed by atoms with Gasteiger partial charge in [0.2, 0.25) is 0 Å². The molecule has 0 amide bonds. The number of nitro benzene ring substituents is 1. The van der Waals surface area contributed by atoms with Crippen molar-refractivity contribution in [1.82, 2.24) is 0 Å². The monoisotopic (exact) mass is 268 g/mol. The molecule has 3 atom stereocenters. The molecule has 1 aromatic rings. The average Bonchev–Trinajstić information content (AvgIpc) is 2.72. The minimum Gasteiger partial charge on any atom is -0.394 e. The summed E-state index contributed by atoms with van der Waals surface area (Å²) in [6.07, 6.45) is -1.49. The van der Waals surface area contributed by atoms with Crippen LogP contribution in [0.15, 0.2) is 18.2 Å². The summed E-state index contributed by atoms with van der Waals surface area (Å²) in [7, 11) is 0. The lowest BCUT2D eigenvalue weighted by molar-refractivity contribution is -0.384. The lowest BCUT2D eigenvalue weighted by Gasteiger charge is -2.16. The van der Waals surface area contributed by atoms with E-state index in [1.807, 2.05) is 6.92 Å². The summed E-state index contributed by atoms with van der Waals surface area (Å²) in [5, 5.41) is 32.3. The fraction of sp³-hybridized carbons (Fsp3) is 0.500. The van der Waals surface area contributed by atoms with Crippen LogP contribution in [0.2, 0.25) is 0 Å². The van der Waals surface area contributed by atoms with Crippen molar-refractivity contribution in [2.45, 2.75) is 31.8 Å². The lowest BCUT2D eigenvalue weighted by atomic mass is 10.1. The number of nitrogens with one attached hydrogen (secondary N) is 1. The first-order chi connectivity index (χ1) is 9.01. The van der Waals surface area contributed by atoms with E-state index in [4.69, 9.17) is 9.84 Å². The maximum atomic E-state index is 10.7. The molecule has 1 heterocycles. The summed E-state index contributed by atoms with van der Waals surface area (Å²) < 4.78 is 5.40. The van der Waals surface area contributed by atoms with Gasteiger partial charge in [-0.3, -0.25) is 10.1 Å². The highest BCUT2D eigenvalue weighted by atomic mass is 16.6. The molecule has 3 N–H and O–H groups in total. The van der Waals surface area contributed by atoms with Gasteiger partial charge in [0.15, 0.2) is 0 Å². The predicted octanol–water partition coefficient (Wildman–Crippen LogP) is 0.783. The Morgan fingerprint density at radius 1 is 1.58 bits per heavy atom. The van der Waals surface area contributed by atoms with Gasteiger partial charge in [0.25, 0.3) is 5.69 Å². The van der Waals surface area contributed by atoms with Gasteiger partial charge in [-0.1, -0.05) is 6.07 Å². The SMILES string of the molecule is Cc1ccc([N+](=O)[O-])cc1N[C@@H]1C[C@@H](O)[C@H](CO)O1. The highest BCUT2D eigenvalue weighted by molar-refractivity contribution is 5.57. The van der Waals surface area contributed by atoms with Crippen LogP contribution in [0.3, 0.4) is 0 Å². The van der Waals surface area contributed by atoms with E-state index in [0.717, 1.165) is 5.56 Å². The summed E-state index contributed by atoms with van der Waals surface area (Å²) in [4.78, 5) is 10.3. The highest BCUT2D eigenvalue weighted by Crippen LogP contribution is 2.26. The number of nitrogens with zero attached hydrogens (tertiary/aromatic N) is 1.